The molecule has 0 aromatic carbocycles. The van der Waals surface area contributed by atoms with Gasteiger partial charge in [0, 0.05) is 19.6 Å². The third-order valence-corrected chi connectivity index (χ3v) is 4.54. The number of nitrogens with zero attached hydrogens (tertiary/aromatic N) is 1. The van der Waals surface area contributed by atoms with Crippen molar-refractivity contribution in [2.45, 2.75) is 69.6 Å². The number of hydrazine groups is 1. The number of carbonyl (C=O) groups is 5. The Kier molecular flexibility index (Phi) is 30.9. The molecule has 0 heterocycles. The van der Waals surface area contributed by atoms with Crippen molar-refractivity contribution < 1.29 is 83.9 Å². The Morgan fingerprint density at radius 1 is 0.625 bits per heavy atom. The van der Waals surface area contributed by atoms with Gasteiger partial charge in [-0.3, -0.25) is 14.6 Å². The molecule has 0 radical (unpaired) electrons. The quantitative estimate of drug-likeness (QED) is 0.0173. The zero-order valence-electron chi connectivity index (χ0n) is 25.2. The molecule has 284 valence electrons. The van der Waals surface area contributed by atoms with Gasteiger partial charge in [0.2, 0.25) is 6.10 Å². The Bertz CT molecular complexity index is 881. The van der Waals surface area contributed by atoms with Crippen molar-refractivity contribution in [2.24, 2.45) is 16.6 Å². The van der Waals surface area contributed by atoms with Gasteiger partial charge in [0.25, 0.3) is 11.8 Å². The first-order chi connectivity index (χ1) is 22.0. The molecule has 0 saturated carbocycles. The zero-order valence-corrected chi connectivity index (χ0v) is 25.2. The van der Waals surface area contributed by atoms with Crippen LogP contribution in [0.25, 0.3) is 0 Å². The largest absolute Gasteiger partial charge is 0.490 e. The molecule has 0 bridgehead atoms. The molecule has 0 aromatic heterocycles. The molecule has 1 unspecified atom stereocenters. The SMILES string of the molecule is NCCCNCCCCNC(=O)C(O)C(=O)NCCCCCCN=CNN.O=C(O)C(F)(F)F.O=C(O)C(F)(F)F.O=C(O)C(F)(F)F. The maximum Gasteiger partial charge on any atom is 0.490 e. The van der Waals surface area contributed by atoms with E-state index < -0.39 is 54.4 Å². The Balaban J connectivity index is -0.000000369. The van der Waals surface area contributed by atoms with E-state index in [1.165, 1.54) is 6.34 Å². The van der Waals surface area contributed by atoms with Gasteiger partial charge in [-0.15, -0.1) is 0 Å². The van der Waals surface area contributed by atoms with Crippen LogP contribution in [0.5, 0.6) is 0 Å². The van der Waals surface area contributed by atoms with E-state index in [0.717, 1.165) is 58.0 Å². The Morgan fingerprint density at radius 2 is 0.958 bits per heavy atom. The number of aliphatic carboxylic acids is 3. The normalized spacial score (nSPS) is 11.8. The van der Waals surface area contributed by atoms with Crippen LogP contribution in [0.2, 0.25) is 0 Å². The number of carboxylic acid groups (broad SMARTS) is 3. The number of alkyl halides is 9. The minimum atomic E-state index is -5.08. The third kappa shape index (κ3) is 38.2. The summed E-state index contributed by atoms with van der Waals surface area (Å²) in [5.41, 5.74) is 7.73. The van der Waals surface area contributed by atoms with Gasteiger partial charge in [-0.2, -0.15) is 39.5 Å². The molecule has 0 rings (SSSR count). The molecule has 0 saturated heterocycles. The first-order valence-corrected chi connectivity index (χ1v) is 13.5. The number of nitrogens with one attached hydrogen (secondary N) is 4. The number of hydrogen-bond acceptors (Lipinski definition) is 10. The van der Waals surface area contributed by atoms with E-state index in [4.69, 9.17) is 41.3 Å². The van der Waals surface area contributed by atoms with E-state index >= 15 is 0 Å². The van der Waals surface area contributed by atoms with E-state index in [1.807, 2.05) is 0 Å². The lowest BCUT2D eigenvalue weighted by Gasteiger charge is -2.12. The monoisotopic (exact) mass is 729 g/mol. The molecule has 16 nitrogen and oxygen atoms in total. The van der Waals surface area contributed by atoms with E-state index in [2.05, 4.69) is 26.4 Å². The van der Waals surface area contributed by atoms with Gasteiger partial charge in [-0.1, -0.05) is 12.8 Å². The fourth-order valence-electron chi connectivity index (χ4n) is 2.26. The van der Waals surface area contributed by atoms with Crippen LogP contribution in [-0.2, 0) is 24.0 Å². The number of hydrogen-bond donors (Lipinski definition) is 10. The van der Waals surface area contributed by atoms with Crippen LogP contribution in [0.3, 0.4) is 0 Å². The number of amides is 2. The molecule has 0 spiro atoms. The molecule has 0 aliphatic rings. The second kappa shape index (κ2) is 29.2. The molecule has 25 heteroatoms. The minimum Gasteiger partial charge on any atom is -0.475 e. The number of nitrogens with two attached hydrogens (primary N) is 2. The number of aliphatic hydroxyl groups is 1. The zero-order chi connectivity index (χ0) is 38.4. The molecule has 12 N–H and O–H groups in total. The second-order valence-electron chi connectivity index (χ2n) is 8.61. The summed E-state index contributed by atoms with van der Waals surface area (Å²) in [5, 5.41) is 39.5. The van der Waals surface area contributed by atoms with Crippen molar-refractivity contribution in [1.82, 2.24) is 21.4 Å². The van der Waals surface area contributed by atoms with Gasteiger partial charge < -0.3 is 47.5 Å². The molecule has 0 fully saturated rings. The topological polar surface area (TPSA) is 279 Å². The van der Waals surface area contributed by atoms with Crippen LogP contribution >= 0.6 is 0 Å². The summed E-state index contributed by atoms with van der Waals surface area (Å²) in [6.45, 7) is 4.00. The number of halogens is 9. The standard InChI is InChI=1S/C17H37N7O3.3C2HF3O2/c18-8-7-11-20-9-5-6-13-23-17(27)15(25)16(26)22-12-4-2-1-3-10-21-14-24-19;3*3-2(4,5)1(6)7/h14-15,20,25H,1-13,18-19H2,(H,21,24)(H,22,26)(H,23,27);3*(H,6,7). The fourth-order valence-corrected chi connectivity index (χ4v) is 2.26. The Labute approximate surface area is 267 Å². The predicted octanol–water partition coefficient (Wildman–Crippen LogP) is 0.250. The summed E-state index contributed by atoms with van der Waals surface area (Å²) in [5.74, 6) is -4.54. The number of rotatable bonds is 18. The minimum absolute atomic E-state index is 0.434. The van der Waals surface area contributed by atoms with Crippen molar-refractivity contribution in [3.63, 3.8) is 0 Å². The summed E-state index contributed by atoms with van der Waals surface area (Å²) in [7, 11) is 0. The van der Waals surface area contributed by atoms with Crippen molar-refractivity contribution in [3.05, 3.63) is 0 Å². The highest BCUT2D eigenvalue weighted by atomic mass is 19.4. The number of aliphatic hydroxyl groups excluding tert-OH is 1. The third-order valence-electron chi connectivity index (χ3n) is 4.54. The molecule has 0 aromatic rings. The molecule has 48 heavy (non-hydrogen) atoms. The molecular formula is C23H40F9N7O9. The second-order valence-corrected chi connectivity index (χ2v) is 8.61. The predicted molar refractivity (Wildman–Crippen MR) is 148 cm³/mol. The van der Waals surface area contributed by atoms with Crippen LogP contribution in [0.4, 0.5) is 39.5 Å². The summed E-state index contributed by atoms with van der Waals surface area (Å²) < 4.78 is 95.2. The maximum atomic E-state index is 11.7. The average molecular weight is 730 g/mol. The van der Waals surface area contributed by atoms with Crippen molar-refractivity contribution in [2.75, 3.05) is 39.3 Å². The Morgan fingerprint density at radius 3 is 1.31 bits per heavy atom. The highest BCUT2D eigenvalue weighted by molar-refractivity contribution is 6.02. The maximum absolute atomic E-state index is 11.7. The lowest BCUT2D eigenvalue weighted by atomic mass is 10.2. The molecule has 0 aliphatic carbocycles. The van der Waals surface area contributed by atoms with E-state index in [1.54, 1.807) is 0 Å². The van der Waals surface area contributed by atoms with Gasteiger partial charge in [0.15, 0.2) is 0 Å². The smallest absolute Gasteiger partial charge is 0.475 e. The van der Waals surface area contributed by atoms with Gasteiger partial charge >= 0.3 is 36.4 Å². The van der Waals surface area contributed by atoms with Crippen LogP contribution < -0.4 is 33.0 Å². The number of carboxylic acids is 3. The first-order valence-electron chi connectivity index (χ1n) is 13.5. The summed E-state index contributed by atoms with van der Waals surface area (Å²) >= 11 is 0. The van der Waals surface area contributed by atoms with E-state index in [9.17, 15) is 54.2 Å². The van der Waals surface area contributed by atoms with E-state index in [0.29, 0.717) is 26.2 Å². The van der Waals surface area contributed by atoms with Gasteiger partial charge in [0.1, 0.15) is 0 Å². The summed E-state index contributed by atoms with van der Waals surface area (Å²) in [6, 6.07) is 0. The fraction of sp³-hybridized carbons (Fsp3) is 0.739. The molecular weight excluding hydrogens is 689 g/mol. The molecule has 2 amide bonds. The van der Waals surface area contributed by atoms with Crippen molar-refractivity contribution in [3.8, 4) is 0 Å². The lowest BCUT2D eigenvalue weighted by Crippen LogP contribution is -2.46. The van der Waals surface area contributed by atoms with Gasteiger partial charge in [-0.05, 0) is 51.7 Å². The number of aliphatic imine (C=N–C) groups is 1. The highest BCUT2D eigenvalue weighted by Crippen LogP contribution is 2.14. The van der Waals surface area contributed by atoms with Crippen LogP contribution in [0.1, 0.15) is 44.9 Å². The van der Waals surface area contributed by atoms with Crippen molar-refractivity contribution >= 4 is 36.1 Å². The lowest BCUT2D eigenvalue weighted by molar-refractivity contribution is -0.193. The summed E-state index contributed by atoms with van der Waals surface area (Å²) in [4.78, 5) is 54.2. The summed E-state index contributed by atoms with van der Waals surface area (Å²) in [6.07, 6.45) is -9.18. The number of carbonyl (C=O) groups excluding carboxylic acids is 2. The van der Waals surface area contributed by atoms with Gasteiger partial charge in [-0.25, -0.2) is 20.2 Å². The first kappa shape index (κ1) is 50.9. The van der Waals surface area contributed by atoms with Crippen LogP contribution in [0, 0.1) is 0 Å². The van der Waals surface area contributed by atoms with Gasteiger partial charge in [0.05, 0.1) is 6.34 Å². The van der Waals surface area contributed by atoms with E-state index in [-0.39, 0.29) is 0 Å². The Hall–Kier alpha value is -3.97. The van der Waals surface area contributed by atoms with Crippen molar-refractivity contribution in [1.29, 1.82) is 0 Å². The molecule has 0 aliphatic heterocycles. The highest BCUT2D eigenvalue weighted by Gasteiger charge is 2.39. The number of unbranched alkanes of at least 4 members (excludes halogenated alkanes) is 4. The van der Waals surface area contributed by atoms with Crippen LogP contribution in [-0.4, -0.2) is 120 Å². The average Bonchev–Trinajstić information content (AvgIpc) is 2.96. The molecule has 1 atom stereocenters. The van der Waals surface area contributed by atoms with Crippen LogP contribution in [0.15, 0.2) is 4.99 Å².